The van der Waals surface area contributed by atoms with E-state index in [9.17, 15) is 0 Å². The Balaban J connectivity index is 1.86. The number of hydrogen-bond acceptors (Lipinski definition) is 4. The van der Waals surface area contributed by atoms with Crippen molar-refractivity contribution < 1.29 is 4.74 Å². The summed E-state index contributed by atoms with van der Waals surface area (Å²) in [7, 11) is 0. The van der Waals surface area contributed by atoms with Crippen molar-refractivity contribution in [1.82, 2.24) is 9.97 Å². The van der Waals surface area contributed by atoms with Crippen LogP contribution in [0.25, 0.3) is 11.1 Å². The lowest BCUT2D eigenvalue weighted by Gasteiger charge is -2.30. The zero-order valence-electron chi connectivity index (χ0n) is 12.6. The predicted molar refractivity (Wildman–Crippen MR) is 85.4 cm³/mol. The van der Waals surface area contributed by atoms with Crippen molar-refractivity contribution in [3.63, 3.8) is 0 Å². The van der Waals surface area contributed by atoms with Crippen LogP contribution in [0.15, 0.2) is 36.9 Å². The van der Waals surface area contributed by atoms with Crippen LogP contribution in [0.5, 0.6) is 0 Å². The van der Waals surface area contributed by atoms with Crippen LogP contribution in [0.4, 0.5) is 0 Å². The first kappa shape index (κ1) is 14.5. The van der Waals surface area contributed by atoms with E-state index < -0.39 is 0 Å². The first-order chi connectivity index (χ1) is 10.6. The van der Waals surface area contributed by atoms with Crippen molar-refractivity contribution in [2.24, 2.45) is 11.7 Å². The highest BCUT2D eigenvalue weighted by Crippen LogP contribution is 2.34. The topological polar surface area (TPSA) is 84.9 Å². The molecule has 3 rings (SSSR count). The monoisotopic (exact) mass is 296 g/mol. The van der Waals surface area contributed by atoms with Gasteiger partial charge in [-0.05, 0) is 42.9 Å². The zero-order valence-corrected chi connectivity index (χ0v) is 12.6. The van der Waals surface area contributed by atoms with Crippen LogP contribution in [0, 0.1) is 11.3 Å². The molecule has 3 N–H and O–H groups in total. The van der Waals surface area contributed by atoms with Gasteiger partial charge in [-0.2, -0.15) is 0 Å². The fraction of sp³-hybridized carbons (Fsp3) is 0.353. The summed E-state index contributed by atoms with van der Waals surface area (Å²) in [6, 6.07) is 6.19. The van der Waals surface area contributed by atoms with Gasteiger partial charge in [0.1, 0.15) is 12.4 Å². The third-order valence-corrected chi connectivity index (χ3v) is 4.37. The quantitative estimate of drug-likeness (QED) is 0.673. The Bertz CT molecular complexity index is 672. The summed E-state index contributed by atoms with van der Waals surface area (Å²) >= 11 is 0. The summed E-state index contributed by atoms with van der Waals surface area (Å²) in [5, 5.41) is 7.28. The fourth-order valence-electron chi connectivity index (χ4n) is 3.24. The van der Waals surface area contributed by atoms with Crippen LogP contribution >= 0.6 is 0 Å². The fourth-order valence-corrected chi connectivity index (χ4v) is 3.24. The first-order valence-electron chi connectivity index (χ1n) is 7.52. The molecule has 2 unspecified atom stereocenters. The number of amidine groups is 1. The number of ether oxygens (including phenoxy) is 1. The summed E-state index contributed by atoms with van der Waals surface area (Å²) < 4.78 is 5.36. The van der Waals surface area contributed by atoms with E-state index in [-0.39, 0.29) is 12.1 Å². The van der Waals surface area contributed by atoms with E-state index in [2.05, 4.69) is 28.2 Å². The molecule has 1 aromatic carbocycles. The molecule has 1 aliphatic carbocycles. The molecule has 22 heavy (non-hydrogen) atoms. The smallest absolute Gasteiger partial charge is 0.279 e. The highest BCUT2D eigenvalue weighted by Gasteiger charge is 2.26. The van der Waals surface area contributed by atoms with Gasteiger partial charge >= 0.3 is 0 Å². The maximum Gasteiger partial charge on any atom is 0.279 e. The van der Waals surface area contributed by atoms with Gasteiger partial charge in [0, 0.05) is 23.9 Å². The van der Waals surface area contributed by atoms with Crippen LogP contribution < -0.4 is 5.73 Å². The molecule has 0 radical (unpaired) electrons. The van der Waals surface area contributed by atoms with Crippen LogP contribution in [0.3, 0.4) is 0 Å². The molecule has 0 spiro atoms. The number of aromatic nitrogens is 2. The Labute approximate surface area is 130 Å². The minimum atomic E-state index is -0.200. The number of hydrogen-bond donors (Lipinski definition) is 2. The molecule has 0 aliphatic heterocycles. The van der Waals surface area contributed by atoms with Crippen molar-refractivity contribution in [2.75, 3.05) is 0 Å². The van der Waals surface area contributed by atoms with E-state index in [1.165, 1.54) is 16.7 Å². The largest absolute Gasteiger partial charge is 0.462 e. The molecule has 1 aromatic heterocycles. The van der Waals surface area contributed by atoms with E-state index in [4.69, 9.17) is 15.9 Å². The third kappa shape index (κ3) is 2.93. The van der Waals surface area contributed by atoms with Gasteiger partial charge in [0.15, 0.2) is 0 Å². The van der Waals surface area contributed by atoms with Gasteiger partial charge in [-0.15, -0.1) is 0 Å². The lowest BCUT2D eigenvalue weighted by atomic mass is 9.79. The summed E-state index contributed by atoms with van der Waals surface area (Å²) in [6.07, 6.45) is 8.21. The Morgan fingerprint density at radius 3 is 2.86 bits per heavy atom. The Kier molecular flexibility index (Phi) is 4.04. The maximum atomic E-state index is 7.28. The SMILES string of the molecule is CC(OC(=N)N)C1CCc2c(cccc2-c2cncnc2)C1. The molecule has 0 saturated heterocycles. The van der Waals surface area contributed by atoms with Gasteiger partial charge in [-0.1, -0.05) is 18.2 Å². The standard InChI is InChI=1S/C17H20N4O/c1-11(22-17(18)19)12-5-6-16-13(7-12)3-2-4-15(16)14-8-20-10-21-9-14/h2-4,8-12H,5-7H2,1H3,(H3,18,19). The number of nitrogens with zero attached hydrogens (tertiary/aromatic N) is 2. The molecule has 0 bridgehead atoms. The van der Waals surface area contributed by atoms with E-state index >= 15 is 0 Å². The molecule has 2 atom stereocenters. The molecular weight excluding hydrogens is 276 g/mol. The Morgan fingerprint density at radius 2 is 2.14 bits per heavy atom. The summed E-state index contributed by atoms with van der Waals surface area (Å²) in [5.41, 5.74) is 10.3. The molecule has 114 valence electrons. The van der Waals surface area contributed by atoms with E-state index in [0.717, 1.165) is 24.8 Å². The van der Waals surface area contributed by atoms with Crippen LogP contribution in [0.2, 0.25) is 0 Å². The molecular formula is C17H20N4O. The zero-order chi connectivity index (χ0) is 15.5. The normalized spacial score (nSPS) is 18.3. The molecule has 1 aliphatic rings. The average molecular weight is 296 g/mol. The van der Waals surface area contributed by atoms with Gasteiger partial charge in [-0.3, -0.25) is 5.41 Å². The number of nitrogens with one attached hydrogen (secondary N) is 1. The summed E-state index contributed by atoms with van der Waals surface area (Å²) in [4.78, 5) is 8.23. The molecule has 1 heterocycles. The van der Waals surface area contributed by atoms with Gasteiger partial charge in [-0.25, -0.2) is 9.97 Å². The average Bonchev–Trinajstić information content (AvgIpc) is 2.54. The third-order valence-electron chi connectivity index (χ3n) is 4.37. The van der Waals surface area contributed by atoms with Crippen molar-refractivity contribution in [3.8, 4) is 11.1 Å². The van der Waals surface area contributed by atoms with Gasteiger partial charge in [0.2, 0.25) is 0 Å². The van der Waals surface area contributed by atoms with Crippen LogP contribution in [0.1, 0.15) is 24.5 Å². The second-order valence-electron chi connectivity index (χ2n) is 5.76. The summed E-state index contributed by atoms with van der Waals surface area (Å²) in [6.45, 7) is 1.99. The minimum Gasteiger partial charge on any atom is -0.462 e. The minimum absolute atomic E-state index is 0.0330. The molecule has 5 heteroatoms. The molecule has 0 fully saturated rings. The highest BCUT2D eigenvalue weighted by molar-refractivity contribution is 5.68. The van der Waals surface area contributed by atoms with Crippen molar-refractivity contribution >= 4 is 6.02 Å². The second-order valence-corrected chi connectivity index (χ2v) is 5.76. The van der Waals surface area contributed by atoms with Crippen molar-refractivity contribution in [3.05, 3.63) is 48.0 Å². The maximum absolute atomic E-state index is 7.28. The van der Waals surface area contributed by atoms with Crippen LogP contribution in [-0.2, 0) is 17.6 Å². The first-order valence-corrected chi connectivity index (χ1v) is 7.52. The number of fused-ring (bicyclic) bond motifs is 1. The van der Waals surface area contributed by atoms with E-state index in [0.29, 0.717) is 5.92 Å². The molecule has 2 aromatic rings. The molecule has 5 nitrogen and oxygen atoms in total. The Hall–Kier alpha value is -2.43. The lowest BCUT2D eigenvalue weighted by molar-refractivity contribution is 0.125. The number of rotatable bonds is 3. The second kappa shape index (κ2) is 6.13. The van der Waals surface area contributed by atoms with E-state index in [1.807, 2.05) is 19.3 Å². The summed E-state index contributed by atoms with van der Waals surface area (Å²) in [5.74, 6) is 0.388. The lowest BCUT2D eigenvalue weighted by Crippen LogP contribution is -2.31. The predicted octanol–water partition coefficient (Wildman–Crippen LogP) is 2.55. The van der Waals surface area contributed by atoms with Gasteiger partial charge in [0.25, 0.3) is 6.02 Å². The van der Waals surface area contributed by atoms with E-state index in [1.54, 1.807) is 6.33 Å². The molecule has 0 amide bonds. The highest BCUT2D eigenvalue weighted by atomic mass is 16.5. The molecule has 0 saturated carbocycles. The van der Waals surface area contributed by atoms with Crippen LogP contribution in [-0.4, -0.2) is 22.1 Å². The van der Waals surface area contributed by atoms with Crippen molar-refractivity contribution in [1.29, 1.82) is 5.41 Å². The van der Waals surface area contributed by atoms with Crippen molar-refractivity contribution in [2.45, 2.75) is 32.3 Å². The number of nitrogens with two attached hydrogens (primary N) is 1. The number of benzene rings is 1. The van der Waals surface area contributed by atoms with Gasteiger partial charge < -0.3 is 10.5 Å². The Morgan fingerprint density at radius 1 is 1.36 bits per heavy atom. The van der Waals surface area contributed by atoms with Gasteiger partial charge in [0.05, 0.1) is 0 Å².